The summed E-state index contributed by atoms with van der Waals surface area (Å²) in [5, 5.41) is 3.90. The average molecular weight is 349 g/mol. The number of carbonyl (C=O) groups is 1. The molecule has 6 heteroatoms. The molecular formula is C20H23N5O. The van der Waals surface area contributed by atoms with E-state index in [0.29, 0.717) is 5.82 Å². The fraction of sp³-hybridized carbons (Fsp3) is 0.400. The summed E-state index contributed by atoms with van der Waals surface area (Å²) in [6.07, 6.45) is 5.28. The van der Waals surface area contributed by atoms with Crippen molar-refractivity contribution in [3.05, 3.63) is 36.9 Å². The number of hydrogen-bond acceptors (Lipinski definition) is 4. The van der Waals surface area contributed by atoms with E-state index in [2.05, 4.69) is 43.0 Å². The van der Waals surface area contributed by atoms with Gasteiger partial charge in [0.2, 0.25) is 5.91 Å². The summed E-state index contributed by atoms with van der Waals surface area (Å²) in [6.45, 7) is 8.53. The topological polar surface area (TPSA) is 72.7 Å². The zero-order valence-corrected chi connectivity index (χ0v) is 15.7. The standard InChI is InChI=1S/C20H23N5O/c1-19(2)17(20(19,3)4)18(26)24-16-8-14-12(9-22-16)6-7-13(23-14)15-10-21-11-25(15)5/h6-11,17H,1-5H3,(H,22,24,26). The molecule has 134 valence electrons. The Morgan fingerprint density at radius 3 is 2.50 bits per heavy atom. The molecular weight excluding hydrogens is 326 g/mol. The van der Waals surface area contributed by atoms with Crippen molar-refractivity contribution in [2.24, 2.45) is 23.8 Å². The Labute approximate surface area is 152 Å². The molecule has 0 atom stereocenters. The molecule has 6 nitrogen and oxygen atoms in total. The number of aromatic nitrogens is 4. The monoisotopic (exact) mass is 349 g/mol. The van der Waals surface area contributed by atoms with Crippen molar-refractivity contribution >= 4 is 22.6 Å². The minimum atomic E-state index is -0.0127. The molecule has 0 unspecified atom stereocenters. The number of nitrogens with zero attached hydrogens (tertiary/aromatic N) is 4. The van der Waals surface area contributed by atoms with Crippen LogP contribution in [0, 0.1) is 16.7 Å². The highest BCUT2D eigenvalue weighted by molar-refractivity contribution is 5.96. The molecule has 4 rings (SSSR count). The van der Waals surface area contributed by atoms with E-state index in [0.717, 1.165) is 22.3 Å². The van der Waals surface area contributed by atoms with Crippen LogP contribution in [0.25, 0.3) is 22.3 Å². The van der Waals surface area contributed by atoms with Gasteiger partial charge in [-0.25, -0.2) is 15.0 Å². The second-order valence-corrected chi connectivity index (χ2v) is 8.21. The number of aryl methyl sites for hydroxylation is 1. The second kappa shape index (κ2) is 5.37. The molecule has 26 heavy (non-hydrogen) atoms. The van der Waals surface area contributed by atoms with Crippen molar-refractivity contribution in [2.45, 2.75) is 27.7 Å². The van der Waals surface area contributed by atoms with Crippen LogP contribution in [0.2, 0.25) is 0 Å². The van der Waals surface area contributed by atoms with Gasteiger partial charge in [0, 0.05) is 30.6 Å². The zero-order chi connectivity index (χ0) is 18.7. The third-order valence-electron chi connectivity index (χ3n) is 6.19. The van der Waals surface area contributed by atoms with Gasteiger partial charge in [-0.15, -0.1) is 0 Å². The van der Waals surface area contributed by atoms with Crippen LogP contribution >= 0.6 is 0 Å². The number of fused-ring (bicyclic) bond motifs is 1. The Kier molecular flexibility index (Phi) is 3.45. The molecule has 1 saturated carbocycles. The minimum Gasteiger partial charge on any atom is -0.332 e. The molecule has 0 aromatic carbocycles. The molecule has 0 aliphatic heterocycles. The molecule has 3 heterocycles. The molecule has 0 saturated heterocycles. The highest BCUT2D eigenvalue weighted by Crippen LogP contribution is 2.68. The van der Waals surface area contributed by atoms with E-state index >= 15 is 0 Å². The van der Waals surface area contributed by atoms with Crippen molar-refractivity contribution in [3.63, 3.8) is 0 Å². The number of nitrogens with one attached hydrogen (secondary N) is 1. The first-order valence-corrected chi connectivity index (χ1v) is 8.76. The van der Waals surface area contributed by atoms with E-state index < -0.39 is 0 Å². The lowest BCUT2D eigenvalue weighted by molar-refractivity contribution is -0.118. The van der Waals surface area contributed by atoms with Gasteiger partial charge in [0.25, 0.3) is 0 Å². The van der Waals surface area contributed by atoms with E-state index in [1.807, 2.05) is 29.8 Å². The summed E-state index contributed by atoms with van der Waals surface area (Å²) in [7, 11) is 1.94. The van der Waals surface area contributed by atoms with Crippen LogP contribution in [0.4, 0.5) is 5.82 Å². The number of hydrogen-bond donors (Lipinski definition) is 1. The molecule has 1 aliphatic carbocycles. The Hall–Kier alpha value is -2.76. The van der Waals surface area contributed by atoms with Gasteiger partial charge in [0.15, 0.2) is 0 Å². The maximum absolute atomic E-state index is 12.7. The molecule has 3 aromatic heterocycles. The van der Waals surface area contributed by atoms with Crippen LogP contribution < -0.4 is 5.32 Å². The third-order valence-corrected chi connectivity index (χ3v) is 6.19. The lowest BCUT2D eigenvalue weighted by atomic mass is 10.0. The van der Waals surface area contributed by atoms with Crippen molar-refractivity contribution < 1.29 is 4.79 Å². The van der Waals surface area contributed by atoms with Gasteiger partial charge in [-0.2, -0.15) is 0 Å². The molecule has 0 bridgehead atoms. The number of pyridine rings is 2. The Bertz CT molecular complexity index is 1000. The molecule has 0 radical (unpaired) electrons. The summed E-state index contributed by atoms with van der Waals surface area (Å²) in [5.74, 6) is 0.548. The van der Waals surface area contributed by atoms with Gasteiger partial charge in [-0.1, -0.05) is 27.7 Å². The van der Waals surface area contributed by atoms with E-state index in [4.69, 9.17) is 4.98 Å². The van der Waals surface area contributed by atoms with Crippen molar-refractivity contribution in [2.75, 3.05) is 5.32 Å². The van der Waals surface area contributed by atoms with Crippen LogP contribution in [-0.2, 0) is 11.8 Å². The van der Waals surface area contributed by atoms with Crippen LogP contribution in [0.5, 0.6) is 0 Å². The largest absolute Gasteiger partial charge is 0.332 e. The van der Waals surface area contributed by atoms with E-state index in [9.17, 15) is 4.79 Å². The van der Waals surface area contributed by atoms with E-state index in [-0.39, 0.29) is 22.7 Å². The van der Waals surface area contributed by atoms with Gasteiger partial charge in [0.05, 0.1) is 29.4 Å². The van der Waals surface area contributed by atoms with Crippen molar-refractivity contribution in [1.82, 2.24) is 19.5 Å². The van der Waals surface area contributed by atoms with E-state index in [1.54, 1.807) is 18.7 Å². The van der Waals surface area contributed by atoms with Gasteiger partial charge in [0.1, 0.15) is 5.82 Å². The minimum absolute atomic E-state index is 0.00111. The second-order valence-electron chi connectivity index (χ2n) is 8.21. The zero-order valence-electron chi connectivity index (χ0n) is 15.7. The molecule has 1 fully saturated rings. The summed E-state index contributed by atoms with van der Waals surface area (Å²) < 4.78 is 1.93. The molecule has 1 N–H and O–H groups in total. The molecule has 0 spiro atoms. The summed E-state index contributed by atoms with van der Waals surface area (Å²) in [6, 6.07) is 5.76. The number of imidazole rings is 1. The van der Waals surface area contributed by atoms with Crippen LogP contribution in [-0.4, -0.2) is 25.4 Å². The number of amides is 1. The number of carbonyl (C=O) groups excluding carboxylic acids is 1. The van der Waals surface area contributed by atoms with Crippen molar-refractivity contribution in [1.29, 1.82) is 0 Å². The first-order valence-electron chi connectivity index (χ1n) is 8.76. The van der Waals surface area contributed by atoms with Crippen LogP contribution in [0.1, 0.15) is 27.7 Å². The smallest absolute Gasteiger partial charge is 0.229 e. The van der Waals surface area contributed by atoms with Gasteiger partial charge in [-0.05, 0) is 23.0 Å². The normalized spacial score (nSPS) is 18.0. The fourth-order valence-corrected chi connectivity index (χ4v) is 3.88. The molecule has 3 aromatic rings. The molecule has 1 aliphatic rings. The summed E-state index contributed by atoms with van der Waals surface area (Å²) in [5.41, 5.74) is 2.57. The highest BCUT2D eigenvalue weighted by Gasteiger charge is 2.68. The average Bonchev–Trinajstić information content (AvgIpc) is 2.86. The van der Waals surface area contributed by atoms with Crippen LogP contribution in [0.3, 0.4) is 0 Å². The van der Waals surface area contributed by atoms with Crippen molar-refractivity contribution in [3.8, 4) is 11.4 Å². The van der Waals surface area contributed by atoms with Gasteiger partial charge >= 0.3 is 0 Å². The molecule has 1 amide bonds. The Balaban J connectivity index is 1.63. The lowest BCUT2D eigenvalue weighted by Gasteiger charge is -2.08. The predicted molar refractivity (Wildman–Crippen MR) is 101 cm³/mol. The first-order chi connectivity index (χ1) is 12.2. The van der Waals surface area contributed by atoms with Gasteiger partial charge < -0.3 is 9.88 Å². The SMILES string of the molecule is Cn1cncc1-c1ccc2cnc(NC(=O)C3C(C)(C)C3(C)C)cc2n1. The predicted octanol–water partition coefficient (Wildman–Crippen LogP) is 3.65. The fourth-order valence-electron chi connectivity index (χ4n) is 3.88. The quantitative estimate of drug-likeness (QED) is 0.783. The van der Waals surface area contributed by atoms with Gasteiger partial charge in [-0.3, -0.25) is 4.79 Å². The maximum atomic E-state index is 12.7. The number of anilines is 1. The Morgan fingerprint density at radius 1 is 1.15 bits per heavy atom. The number of rotatable bonds is 3. The Morgan fingerprint density at radius 2 is 1.88 bits per heavy atom. The summed E-state index contributed by atoms with van der Waals surface area (Å²) >= 11 is 0. The summed E-state index contributed by atoms with van der Waals surface area (Å²) in [4.78, 5) is 25.9. The maximum Gasteiger partial charge on any atom is 0.229 e. The van der Waals surface area contributed by atoms with E-state index in [1.165, 1.54) is 0 Å². The van der Waals surface area contributed by atoms with Crippen LogP contribution in [0.15, 0.2) is 36.9 Å². The first kappa shape index (κ1) is 16.7. The lowest BCUT2D eigenvalue weighted by Crippen LogP contribution is -2.18. The third kappa shape index (κ3) is 2.40. The highest BCUT2D eigenvalue weighted by atomic mass is 16.2.